The first-order chi connectivity index (χ1) is 8.72. The molecule has 18 heavy (non-hydrogen) atoms. The molecular formula is C13H15ClN4. The number of nitrogens with one attached hydrogen (secondary N) is 1. The Morgan fingerprint density at radius 2 is 2.33 bits per heavy atom. The molecule has 0 amide bonds. The second-order valence-electron chi connectivity index (χ2n) is 4.67. The molecule has 94 valence electrons. The quantitative estimate of drug-likeness (QED) is 0.921. The van der Waals surface area contributed by atoms with E-state index in [-0.39, 0.29) is 0 Å². The third-order valence-corrected chi connectivity index (χ3v) is 3.42. The summed E-state index contributed by atoms with van der Waals surface area (Å²) in [5, 5.41) is 8.50. The maximum atomic E-state index is 6.02. The number of pyridine rings is 1. The van der Waals surface area contributed by atoms with E-state index in [1.807, 2.05) is 31.5 Å². The second kappa shape index (κ2) is 4.71. The van der Waals surface area contributed by atoms with Crippen molar-refractivity contribution in [2.45, 2.75) is 32.4 Å². The Balaban J connectivity index is 1.80. The summed E-state index contributed by atoms with van der Waals surface area (Å²) in [5.41, 5.74) is 2.86. The van der Waals surface area contributed by atoms with Gasteiger partial charge in [-0.05, 0) is 31.9 Å². The molecule has 1 N–H and O–H groups in total. The minimum atomic E-state index is 0.685. The highest BCUT2D eigenvalue weighted by atomic mass is 35.5. The molecular weight excluding hydrogens is 248 g/mol. The van der Waals surface area contributed by atoms with Gasteiger partial charge >= 0.3 is 0 Å². The van der Waals surface area contributed by atoms with E-state index in [2.05, 4.69) is 15.4 Å². The van der Waals surface area contributed by atoms with Crippen molar-refractivity contribution in [3.8, 4) is 5.69 Å². The molecule has 4 nitrogen and oxygen atoms in total. The molecule has 1 fully saturated rings. The molecule has 2 aromatic rings. The fourth-order valence-corrected chi connectivity index (χ4v) is 1.94. The van der Waals surface area contributed by atoms with E-state index in [0.29, 0.717) is 11.1 Å². The van der Waals surface area contributed by atoms with Crippen LogP contribution >= 0.6 is 11.6 Å². The smallest absolute Gasteiger partial charge is 0.0819 e. The Morgan fingerprint density at radius 1 is 1.50 bits per heavy atom. The van der Waals surface area contributed by atoms with Crippen LogP contribution in [0.4, 0.5) is 0 Å². The van der Waals surface area contributed by atoms with Gasteiger partial charge in [0.1, 0.15) is 0 Å². The molecule has 0 atom stereocenters. The summed E-state index contributed by atoms with van der Waals surface area (Å²) >= 11 is 6.02. The minimum Gasteiger partial charge on any atom is -0.308 e. The number of aromatic nitrogens is 3. The predicted octanol–water partition coefficient (Wildman–Crippen LogP) is 2.48. The molecule has 1 saturated carbocycles. The van der Waals surface area contributed by atoms with E-state index in [1.165, 1.54) is 12.8 Å². The molecule has 3 rings (SSSR count). The highest BCUT2D eigenvalue weighted by Gasteiger charge is 2.20. The van der Waals surface area contributed by atoms with E-state index in [1.54, 1.807) is 4.68 Å². The highest BCUT2D eigenvalue weighted by Crippen LogP contribution is 2.20. The molecule has 2 heterocycles. The van der Waals surface area contributed by atoms with Gasteiger partial charge in [0.05, 0.1) is 22.1 Å². The summed E-state index contributed by atoms with van der Waals surface area (Å²) in [7, 11) is 0. The van der Waals surface area contributed by atoms with Crippen LogP contribution in [-0.2, 0) is 6.54 Å². The van der Waals surface area contributed by atoms with Gasteiger partial charge in [0.25, 0.3) is 0 Å². The number of halogens is 1. The minimum absolute atomic E-state index is 0.685. The van der Waals surface area contributed by atoms with Gasteiger partial charge in [0.2, 0.25) is 0 Å². The van der Waals surface area contributed by atoms with Gasteiger partial charge in [0, 0.05) is 25.0 Å². The fraction of sp³-hybridized carbons (Fsp3) is 0.385. The summed E-state index contributed by atoms with van der Waals surface area (Å²) in [6.07, 6.45) is 6.20. The molecule has 2 aromatic heterocycles. The van der Waals surface area contributed by atoms with Gasteiger partial charge in [-0.25, -0.2) is 4.68 Å². The molecule has 0 aliphatic heterocycles. The van der Waals surface area contributed by atoms with Crippen LogP contribution in [0.5, 0.6) is 0 Å². The Hall–Kier alpha value is -1.39. The first-order valence-electron chi connectivity index (χ1n) is 6.13. The summed E-state index contributed by atoms with van der Waals surface area (Å²) < 4.78 is 1.79. The van der Waals surface area contributed by atoms with Crippen molar-refractivity contribution in [3.63, 3.8) is 0 Å². The van der Waals surface area contributed by atoms with Gasteiger partial charge in [-0.15, -0.1) is 0 Å². The zero-order valence-corrected chi connectivity index (χ0v) is 11.0. The fourth-order valence-electron chi connectivity index (χ4n) is 1.81. The monoisotopic (exact) mass is 262 g/mol. The van der Waals surface area contributed by atoms with Crippen LogP contribution in [0.2, 0.25) is 5.02 Å². The van der Waals surface area contributed by atoms with Crippen molar-refractivity contribution in [2.24, 2.45) is 0 Å². The van der Waals surface area contributed by atoms with Crippen molar-refractivity contribution < 1.29 is 0 Å². The van der Waals surface area contributed by atoms with Crippen LogP contribution in [0.15, 0.2) is 24.5 Å². The summed E-state index contributed by atoms with van der Waals surface area (Å²) in [4.78, 5) is 4.36. The lowest BCUT2D eigenvalue weighted by Gasteiger charge is -2.05. The molecule has 0 unspecified atom stereocenters. The predicted molar refractivity (Wildman–Crippen MR) is 71.0 cm³/mol. The molecule has 0 radical (unpaired) electrons. The van der Waals surface area contributed by atoms with Crippen LogP contribution in [0.3, 0.4) is 0 Å². The highest BCUT2D eigenvalue weighted by molar-refractivity contribution is 6.31. The van der Waals surface area contributed by atoms with E-state index in [0.717, 1.165) is 23.6 Å². The van der Waals surface area contributed by atoms with Crippen LogP contribution < -0.4 is 5.32 Å². The molecule has 0 saturated heterocycles. The van der Waals surface area contributed by atoms with Crippen LogP contribution in [0.25, 0.3) is 5.69 Å². The molecule has 1 aliphatic rings. The first kappa shape index (κ1) is 11.7. The normalized spacial score (nSPS) is 15.0. The number of hydrogen-bond donors (Lipinski definition) is 1. The molecule has 5 heteroatoms. The zero-order chi connectivity index (χ0) is 12.5. The van der Waals surface area contributed by atoms with Gasteiger partial charge in [-0.1, -0.05) is 11.6 Å². The number of hydrogen-bond acceptors (Lipinski definition) is 3. The van der Waals surface area contributed by atoms with Gasteiger partial charge < -0.3 is 5.32 Å². The molecule has 0 spiro atoms. The summed E-state index contributed by atoms with van der Waals surface area (Å²) in [6.45, 7) is 2.71. The molecule has 0 aromatic carbocycles. The maximum absolute atomic E-state index is 6.02. The third kappa shape index (κ3) is 2.54. The maximum Gasteiger partial charge on any atom is 0.0819 e. The van der Waals surface area contributed by atoms with E-state index < -0.39 is 0 Å². The lowest BCUT2D eigenvalue weighted by molar-refractivity contribution is 0.673. The Morgan fingerprint density at radius 3 is 3.00 bits per heavy atom. The number of rotatable bonds is 4. The largest absolute Gasteiger partial charge is 0.308 e. The SMILES string of the molecule is Cc1nn(-c2ccnc(CNC3CC3)c2)cc1Cl. The van der Waals surface area contributed by atoms with Gasteiger partial charge in [-0.3, -0.25) is 4.98 Å². The Kier molecular flexibility index (Phi) is 3.06. The Labute approximate surface area is 111 Å². The van der Waals surface area contributed by atoms with Crippen LogP contribution in [-0.4, -0.2) is 20.8 Å². The Bertz CT molecular complexity index is 540. The lowest BCUT2D eigenvalue weighted by atomic mass is 10.3. The standard InChI is InChI=1S/C13H15ClN4/c1-9-13(14)8-18(17-9)12-4-5-15-11(6-12)7-16-10-2-3-10/h4-6,8,10,16H,2-3,7H2,1H3. The summed E-state index contributed by atoms with van der Waals surface area (Å²) in [6, 6.07) is 4.67. The molecule has 0 bridgehead atoms. The molecule has 1 aliphatic carbocycles. The van der Waals surface area contributed by atoms with E-state index >= 15 is 0 Å². The van der Waals surface area contributed by atoms with E-state index in [4.69, 9.17) is 11.6 Å². The second-order valence-corrected chi connectivity index (χ2v) is 5.07. The average molecular weight is 263 g/mol. The van der Waals surface area contributed by atoms with Crippen molar-refractivity contribution in [1.29, 1.82) is 0 Å². The lowest BCUT2D eigenvalue weighted by Crippen LogP contribution is -2.16. The number of aryl methyl sites for hydroxylation is 1. The van der Waals surface area contributed by atoms with Gasteiger partial charge in [0.15, 0.2) is 0 Å². The van der Waals surface area contributed by atoms with Crippen molar-refractivity contribution >= 4 is 11.6 Å². The first-order valence-corrected chi connectivity index (χ1v) is 6.50. The van der Waals surface area contributed by atoms with E-state index in [9.17, 15) is 0 Å². The van der Waals surface area contributed by atoms with Crippen molar-refractivity contribution in [1.82, 2.24) is 20.1 Å². The van der Waals surface area contributed by atoms with Crippen LogP contribution in [0, 0.1) is 6.92 Å². The van der Waals surface area contributed by atoms with Crippen LogP contribution in [0.1, 0.15) is 24.2 Å². The van der Waals surface area contributed by atoms with Gasteiger partial charge in [-0.2, -0.15) is 5.10 Å². The van der Waals surface area contributed by atoms with Crippen molar-refractivity contribution in [2.75, 3.05) is 0 Å². The third-order valence-electron chi connectivity index (χ3n) is 3.05. The zero-order valence-electron chi connectivity index (χ0n) is 10.2. The number of nitrogens with zero attached hydrogens (tertiary/aromatic N) is 3. The van der Waals surface area contributed by atoms with Crippen molar-refractivity contribution in [3.05, 3.63) is 40.9 Å². The topological polar surface area (TPSA) is 42.7 Å². The average Bonchev–Trinajstić information content (AvgIpc) is 3.14. The summed E-state index contributed by atoms with van der Waals surface area (Å²) in [5.74, 6) is 0.